The van der Waals surface area contributed by atoms with Crippen molar-refractivity contribution in [2.45, 2.75) is 49.8 Å². The minimum absolute atomic E-state index is 0.0409. The molecule has 3 N–H and O–H groups in total. The van der Waals surface area contributed by atoms with Crippen molar-refractivity contribution in [2.24, 2.45) is 0 Å². The molecule has 0 saturated heterocycles. The first-order valence-electron chi connectivity index (χ1n) is 12.4. The van der Waals surface area contributed by atoms with E-state index < -0.39 is 0 Å². The molecule has 0 bridgehead atoms. The van der Waals surface area contributed by atoms with E-state index in [4.69, 9.17) is 4.74 Å². The fraction of sp³-hybridized carbons (Fsp3) is 0.333. The summed E-state index contributed by atoms with van der Waals surface area (Å²) in [7, 11) is 1.65. The Hall–Kier alpha value is -3.97. The number of ether oxygens (including phenoxy) is 1. The number of H-pyrrole nitrogens is 1. The van der Waals surface area contributed by atoms with Gasteiger partial charge in [0.2, 0.25) is 0 Å². The van der Waals surface area contributed by atoms with Gasteiger partial charge in [0, 0.05) is 17.8 Å². The van der Waals surface area contributed by atoms with Gasteiger partial charge in [0.15, 0.2) is 16.8 Å². The highest BCUT2D eigenvalue weighted by molar-refractivity contribution is 7.99. The number of fused-ring (bicyclic) bond motifs is 1. The molecule has 0 atom stereocenters. The monoisotopic (exact) mass is 515 g/mol. The second kappa shape index (κ2) is 11.4. The van der Waals surface area contributed by atoms with Gasteiger partial charge in [-0.15, -0.1) is 10.2 Å². The number of aliphatic hydroxyl groups is 1. The summed E-state index contributed by atoms with van der Waals surface area (Å²) in [5.41, 5.74) is 2.64. The molecular weight excluding hydrogens is 486 g/mol. The number of hydrogen-bond acceptors (Lipinski definition) is 8. The Morgan fingerprint density at radius 3 is 2.81 bits per heavy atom. The number of nitriles is 1. The van der Waals surface area contributed by atoms with Crippen molar-refractivity contribution < 1.29 is 9.84 Å². The Morgan fingerprint density at radius 1 is 1.19 bits per heavy atom. The lowest BCUT2D eigenvalue weighted by molar-refractivity contribution is 0.330. The Balaban J connectivity index is 1.36. The summed E-state index contributed by atoms with van der Waals surface area (Å²) < 4.78 is 7.53. The molecule has 4 aromatic rings. The quantitative estimate of drug-likeness (QED) is 0.144. The summed E-state index contributed by atoms with van der Waals surface area (Å²) in [6.07, 6.45) is 5.73. The van der Waals surface area contributed by atoms with Gasteiger partial charge in [-0.25, -0.2) is 4.98 Å². The molecule has 1 aliphatic rings. The number of imidazole rings is 1. The van der Waals surface area contributed by atoms with Crippen LogP contribution >= 0.6 is 11.8 Å². The molecule has 2 heterocycles. The number of methoxy groups -OCH3 is 1. The lowest BCUT2D eigenvalue weighted by Crippen LogP contribution is -2.18. The molecular formula is C27H29N7O2S. The summed E-state index contributed by atoms with van der Waals surface area (Å²) in [4.78, 5) is 7.59. The number of allylic oxidation sites excluding steroid dienone is 1. The summed E-state index contributed by atoms with van der Waals surface area (Å²) >= 11 is 1.38. The van der Waals surface area contributed by atoms with Gasteiger partial charge in [0.25, 0.3) is 0 Å². The van der Waals surface area contributed by atoms with Gasteiger partial charge in [-0.05, 0) is 37.1 Å². The molecule has 2 aromatic carbocycles. The maximum Gasteiger partial charge on any atom is 0.191 e. The highest BCUT2D eigenvalue weighted by Gasteiger charge is 2.24. The van der Waals surface area contributed by atoms with E-state index in [1.165, 1.54) is 31.0 Å². The molecule has 0 amide bonds. The van der Waals surface area contributed by atoms with Crippen molar-refractivity contribution in [3.8, 4) is 11.8 Å². The Kier molecular flexibility index (Phi) is 7.61. The van der Waals surface area contributed by atoms with Crippen LogP contribution in [0.4, 0.5) is 5.69 Å². The van der Waals surface area contributed by atoms with Crippen LogP contribution in [0.5, 0.6) is 5.75 Å². The van der Waals surface area contributed by atoms with Crippen molar-refractivity contribution in [3.05, 3.63) is 65.9 Å². The number of hydrogen-bond donors (Lipinski definition) is 3. The first kappa shape index (κ1) is 24.7. The third kappa shape index (κ3) is 5.57. The van der Waals surface area contributed by atoms with Crippen LogP contribution in [0.3, 0.4) is 0 Å². The number of nitrogens with one attached hydrogen (secondary N) is 2. The Morgan fingerprint density at radius 2 is 2.03 bits per heavy atom. The smallest absolute Gasteiger partial charge is 0.191 e. The molecule has 0 unspecified atom stereocenters. The van der Waals surface area contributed by atoms with Gasteiger partial charge in [-0.1, -0.05) is 49.2 Å². The number of anilines is 1. The standard InChI is InChI=1S/C27H29N7O2S/c1-36-20-11-7-8-18(14-20)29-16-25-32-33-27(34(25)19-9-3-2-4-10-19)37-17-24(35)21(15-28)26-30-22-12-5-6-13-23(22)31-26/h5-8,11-14,19,29,35H,2-4,9-10,16-17H2,1H3,(H,30,31). The summed E-state index contributed by atoms with van der Waals surface area (Å²) in [5, 5.41) is 33.8. The molecule has 0 aliphatic heterocycles. The lowest BCUT2D eigenvalue weighted by Gasteiger charge is -2.25. The molecule has 1 saturated carbocycles. The minimum atomic E-state index is -0.0409. The zero-order valence-electron chi connectivity index (χ0n) is 20.6. The van der Waals surface area contributed by atoms with Crippen molar-refractivity contribution in [1.29, 1.82) is 5.26 Å². The van der Waals surface area contributed by atoms with Crippen LogP contribution in [-0.4, -0.2) is 42.7 Å². The van der Waals surface area contributed by atoms with Crippen LogP contribution in [0.15, 0.2) is 59.4 Å². The van der Waals surface area contributed by atoms with E-state index in [9.17, 15) is 10.4 Å². The van der Waals surface area contributed by atoms with Gasteiger partial charge in [0.1, 0.15) is 23.2 Å². The second-order valence-electron chi connectivity index (χ2n) is 8.97. The van der Waals surface area contributed by atoms with Gasteiger partial charge in [-0.3, -0.25) is 0 Å². The van der Waals surface area contributed by atoms with E-state index >= 15 is 0 Å². The molecule has 1 aliphatic carbocycles. The lowest BCUT2D eigenvalue weighted by atomic mass is 9.95. The van der Waals surface area contributed by atoms with Crippen LogP contribution in [0, 0.1) is 11.3 Å². The molecule has 0 spiro atoms. The molecule has 10 heteroatoms. The molecule has 37 heavy (non-hydrogen) atoms. The highest BCUT2D eigenvalue weighted by Crippen LogP contribution is 2.34. The van der Waals surface area contributed by atoms with E-state index in [1.54, 1.807) is 7.11 Å². The summed E-state index contributed by atoms with van der Waals surface area (Å²) in [6, 6.07) is 17.7. The van der Waals surface area contributed by atoms with Gasteiger partial charge < -0.3 is 24.7 Å². The van der Waals surface area contributed by atoms with E-state index in [1.807, 2.05) is 48.5 Å². The van der Waals surface area contributed by atoms with Crippen LogP contribution in [0.1, 0.15) is 49.8 Å². The maximum absolute atomic E-state index is 10.9. The Bertz CT molecular complexity index is 1410. The number of aromatic nitrogens is 5. The second-order valence-corrected chi connectivity index (χ2v) is 9.91. The van der Waals surface area contributed by atoms with E-state index in [2.05, 4.69) is 36.1 Å². The van der Waals surface area contributed by atoms with Crippen LogP contribution < -0.4 is 10.1 Å². The average molecular weight is 516 g/mol. The van der Waals surface area contributed by atoms with Gasteiger partial charge >= 0.3 is 0 Å². The largest absolute Gasteiger partial charge is 0.510 e. The number of aromatic amines is 1. The average Bonchev–Trinajstić information content (AvgIpc) is 3.55. The molecule has 9 nitrogen and oxygen atoms in total. The summed E-state index contributed by atoms with van der Waals surface area (Å²) in [5.74, 6) is 2.14. The van der Waals surface area contributed by atoms with E-state index in [-0.39, 0.29) is 17.1 Å². The van der Waals surface area contributed by atoms with Gasteiger partial charge in [-0.2, -0.15) is 5.26 Å². The number of benzene rings is 2. The number of para-hydroxylation sites is 2. The van der Waals surface area contributed by atoms with Crippen molar-refractivity contribution in [1.82, 2.24) is 24.7 Å². The zero-order chi connectivity index (χ0) is 25.6. The highest BCUT2D eigenvalue weighted by atomic mass is 32.2. The van der Waals surface area contributed by atoms with Crippen molar-refractivity contribution in [2.75, 3.05) is 18.2 Å². The minimum Gasteiger partial charge on any atom is -0.510 e. The maximum atomic E-state index is 10.9. The van der Waals surface area contributed by atoms with Crippen LogP contribution in [0.25, 0.3) is 16.6 Å². The predicted molar refractivity (Wildman–Crippen MR) is 144 cm³/mol. The van der Waals surface area contributed by atoms with Crippen LogP contribution in [-0.2, 0) is 6.54 Å². The predicted octanol–water partition coefficient (Wildman–Crippen LogP) is 5.87. The van der Waals surface area contributed by atoms with Crippen LogP contribution in [0.2, 0.25) is 0 Å². The first-order valence-corrected chi connectivity index (χ1v) is 13.4. The number of aliphatic hydroxyl groups excluding tert-OH is 1. The van der Waals surface area contributed by atoms with Gasteiger partial charge in [0.05, 0.1) is 30.4 Å². The normalized spacial score (nSPS) is 14.8. The van der Waals surface area contributed by atoms with Crippen molar-refractivity contribution >= 4 is 34.1 Å². The van der Waals surface area contributed by atoms with E-state index in [0.29, 0.717) is 18.4 Å². The number of rotatable bonds is 9. The SMILES string of the molecule is COc1cccc(NCc2nnc(SCC(O)=C(C#N)c3nc4ccccc4[nH]3)n2C2CCCCC2)c1. The molecule has 2 aromatic heterocycles. The number of nitrogens with zero attached hydrogens (tertiary/aromatic N) is 5. The zero-order valence-corrected chi connectivity index (χ0v) is 21.5. The fourth-order valence-electron chi connectivity index (χ4n) is 4.68. The number of thioether (sulfide) groups is 1. The molecule has 190 valence electrons. The molecule has 5 rings (SSSR count). The first-order chi connectivity index (χ1) is 18.2. The van der Waals surface area contributed by atoms with E-state index in [0.717, 1.165) is 46.3 Å². The van der Waals surface area contributed by atoms with Crippen molar-refractivity contribution in [3.63, 3.8) is 0 Å². The molecule has 0 radical (unpaired) electrons. The molecule has 1 fully saturated rings. The third-order valence-electron chi connectivity index (χ3n) is 6.56. The topological polar surface area (TPSA) is 125 Å². The third-order valence-corrected chi connectivity index (χ3v) is 7.51. The fourth-order valence-corrected chi connectivity index (χ4v) is 5.58. The Labute approximate surface area is 219 Å². The summed E-state index contributed by atoms with van der Waals surface area (Å²) in [6.45, 7) is 0.515.